The number of aromatic nitrogens is 3. The quantitative estimate of drug-likeness (QED) is 0.771. The van der Waals surface area contributed by atoms with Gasteiger partial charge in [0, 0.05) is 18.2 Å². The molecule has 0 bridgehead atoms. The number of fused-ring (bicyclic) bond motifs is 1. The molecule has 7 nitrogen and oxygen atoms in total. The molecule has 1 saturated carbocycles. The van der Waals surface area contributed by atoms with Gasteiger partial charge in [-0.3, -0.25) is 14.6 Å². The maximum absolute atomic E-state index is 11.7. The third-order valence-electron chi connectivity index (χ3n) is 3.96. The van der Waals surface area contributed by atoms with Gasteiger partial charge >= 0.3 is 0 Å². The number of primary amides is 1. The summed E-state index contributed by atoms with van der Waals surface area (Å²) in [5.41, 5.74) is 5.67. The number of carbonyl (C=O) groups excluding carboxylic acids is 1. The van der Waals surface area contributed by atoms with Crippen molar-refractivity contribution in [3.8, 4) is 0 Å². The van der Waals surface area contributed by atoms with Crippen molar-refractivity contribution >= 4 is 22.6 Å². The van der Waals surface area contributed by atoms with E-state index in [0.29, 0.717) is 23.1 Å². The average Bonchev–Trinajstić information content (AvgIpc) is 2.51. The zero-order valence-corrected chi connectivity index (χ0v) is 11.5. The number of H-pyrrole nitrogens is 1. The SMILES string of the molecule is NC(=O)C1CCCC(Nc2n[nH]c(=O)c3cccnc23)C1. The van der Waals surface area contributed by atoms with Gasteiger partial charge in [0.1, 0.15) is 5.52 Å². The number of anilines is 1. The van der Waals surface area contributed by atoms with E-state index in [1.54, 1.807) is 18.3 Å². The number of carbonyl (C=O) groups is 1. The van der Waals surface area contributed by atoms with Gasteiger partial charge in [-0.15, -0.1) is 0 Å². The molecule has 1 aliphatic carbocycles. The van der Waals surface area contributed by atoms with E-state index in [1.165, 1.54) is 0 Å². The van der Waals surface area contributed by atoms with Gasteiger partial charge in [-0.05, 0) is 31.4 Å². The Kier molecular flexibility index (Phi) is 3.55. The summed E-state index contributed by atoms with van der Waals surface area (Å²) >= 11 is 0. The van der Waals surface area contributed by atoms with Crippen LogP contribution in [0.4, 0.5) is 5.82 Å². The summed E-state index contributed by atoms with van der Waals surface area (Å²) in [6.45, 7) is 0. The molecule has 1 aliphatic rings. The van der Waals surface area contributed by atoms with E-state index in [-0.39, 0.29) is 23.4 Å². The minimum absolute atomic E-state index is 0.0989. The Bertz CT molecular complexity index is 727. The topological polar surface area (TPSA) is 114 Å². The highest BCUT2D eigenvalue weighted by Crippen LogP contribution is 2.27. The number of nitrogens with zero attached hydrogens (tertiary/aromatic N) is 2. The van der Waals surface area contributed by atoms with E-state index in [0.717, 1.165) is 19.3 Å². The molecule has 0 spiro atoms. The summed E-state index contributed by atoms with van der Waals surface area (Å²) in [6, 6.07) is 3.53. The zero-order chi connectivity index (χ0) is 14.8. The fourth-order valence-corrected chi connectivity index (χ4v) is 2.87. The summed E-state index contributed by atoms with van der Waals surface area (Å²) in [4.78, 5) is 27.3. The van der Waals surface area contributed by atoms with Gasteiger partial charge in [-0.2, -0.15) is 5.10 Å². The summed E-state index contributed by atoms with van der Waals surface area (Å²) in [5, 5.41) is 10.3. The molecule has 2 aromatic heterocycles. The van der Waals surface area contributed by atoms with Gasteiger partial charge in [0.25, 0.3) is 5.56 Å². The molecule has 1 amide bonds. The molecule has 0 aliphatic heterocycles. The van der Waals surface area contributed by atoms with Crippen molar-refractivity contribution < 1.29 is 4.79 Å². The smallest absolute Gasteiger partial charge is 0.273 e. The first kappa shape index (κ1) is 13.5. The highest BCUT2D eigenvalue weighted by atomic mass is 16.1. The van der Waals surface area contributed by atoms with Gasteiger partial charge in [0.2, 0.25) is 5.91 Å². The summed E-state index contributed by atoms with van der Waals surface area (Å²) in [6.07, 6.45) is 5.04. The largest absolute Gasteiger partial charge is 0.369 e. The van der Waals surface area contributed by atoms with Crippen LogP contribution in [0.3, 0.4) is 0 Å². The van der Waals surface area contributed by atoms with Gasteiger partial charge < -0.3 is 11.1 Å². The predicted octanol–water partition coefficient (Wildman–Crippen LogP) is 0.774. The van der Waals surface area contributed by atoms with Gasteiger partial charge in [-0.25, -0.2) is 5.10 Å². The van der Waals surface area contributed by atoms with Gasteiger partial charge in [0.15, 0.2) is 5.82 Å². The first-order valence-electron chi connectivity index (χ1n) is 7.04. The van der Waals surface area contributed by atoms with Crippen molar-refractivity contribution in [3.63, 3.8) is 0 Å². The lowest BCUT2D eigenvalue weighted by molar-refractivity contribution is -0.122. The van der Waals surface area contributed by atoms with Crippen LogP contribution in [0.1, 0.15) is 25.7 Å². The maximum Gasteiger partial charge on any atom is 0.273 e. The van der Waals surface area contributed by atoms with Gasteiger partial charge in [0.05, 0.1) is 5.39 Å². The Labute approximate surface area is 121 Å². The van der Waals surface area contributed by atoms with E-state index in [1.807, 2.05) is 0 Å². The molecule has 2 heterocycles. The van der Waals surface area contributed by atoms with Crippen molar-refractivity contribution in [2.45, 2.75) is 31.7 Å². The fraction of sp³-hybridized carbons (Fsp3) is 0.429. The van der Waals surface area contributed by atoms with Crippen LogP contribution in [0, 0.1) is 5.92 Å². The van der Waals surface area contributed by atoms with Crippen LogP contribution in [-0.4, -0.2) is 27.1 Å². The second-order valence-electron chi connectivity index (χ2n) is 5.41. The number of hydrogen-bond acceptors (Lipinski definition) is 5. The number of hydrogen-bond donors (Lipinski definition) is 3. The Hall–Kier alpha value is -2.44. The van der Waals surface area contributed by atoms with Crippen molar-refractivity contribution in [1.82, 2.24) is 15.2 Å². The first-order valence-corrected chi connectivity index (χ1v) is 7.04. The first-order chi connectivity index (χ1) is 10.1. The molecule has 2 atom stereocenters. The fourth-order valence-electron chi connectivity index (χ4n) is 2.87. The Morgan fingerprint density at radius 3 is 3.10 bits per heavy atom. The van der Waals surface area contributed by atoms with Crippen LogP contribution in [0.5, 0.6) is 0 Å². The molecule has 2 unspecified atom stereocenters. The number of nitrogens with one attached hydrogen (secondary N) is 2. The Morgan fingerprint density at radius 1 is 1.43 bits per heavy atom. The molecular weight excluding hydrogens is 270 g/mol. The zero-order valence-electron chi connectivity index (χ0n) is 11.5. The van der Waals surface area contributed by atoms with E-state index in [9.17, 15) is 9.59 Å². The second-order valence-corrected chi connectivity index (χ2v) is 5.41. The van der Waals surface area contributed by atoms with Gasteiger partial charge in [-0.1, -0.05) is 6.42 Å². The van der Waals surface area contributed by atoms with Crippen LogP contribution >= 0.6 is 0 Å². The van der Waals surface area contributed by atoms with Crippen LogP contribution in [0.25, 0.3) is 10.9 Å². The normalized spacial score (nSPS) is 22.1. The molecule has 2 aromatic rings. The minimum atomic E-state index is -0.262. The van der Waals surface area contributed by atoms with E-state index in [2.05, 4.69) is 20.5 Å². The molecule has 110 valence electrons. The van der Waals surface area contributed by atoms with E-state index >= 15 is 0 Å². The Morgan fingerprint density at radius 2 is 2.29 bits per heavy atom. The third kappa shape index (κ3) is 2.72. The summed E-state index contributed by atoms with van der Waals surface area (Å²) < 4.78 is 0. The number of amides is 1. The van der Waals surface area contributed by atoms with Crippen LogP contribution in [0.2, 0.25) is 0 Å². The lowest BCUT2D eigenvalue weighted by atomic mass is 9.85. The van der Waals surface area contributed by atoms with Crippen molar-refractivity contribution in [2.24, 2.45) is 11.7 Å². The minimum Gasteiger partial charge on any atom is -0.369 e. The number of aromatic amines is 1. The predicted molar refractivity (Wildman–Crippen MR) is 78.7 cm³/mol. The van der Waals surface area contributed by atoms with Crippen molar-refractivity contribution in [2.75, 3.05) is 5.32 Å². The van der Waals surface area contributed by atoms with E-state index < -0.39 is 0 Å². The third-order valence-corrected chi connectivity index (χ3v) is 3.96. The van der Waals surface area contributed by atoms with Crippen molar-refractivity contribution in [1.29, 1.82) is 0 Å². The molecule has 0 radical (unpaired) electrons. The lowest BCUT2D eigenvalue weighted by Crippen LogP contribution is -2.34. The molecule has 0 aromatic carbocycles. The van der Waals surface area contributed by atoms with Crippen LogP contribution < -0.4 is 16.6 Å². The lowest BCUT2D eigenvalue weighted by Gasteiger charge is -2.28. The summed E-state index contributed by atoms with van der Waals surface area (Å²) in [5.74, 6) is 0.192. The molecule has 0 saturated heterocycles. The number of rotatable bonds is 3. The van der Waals surface area contributed by atoms with Crippen molar-refractivity contribution in [3.05, 3.63) is 28.7 Å². The maximum atomic E-state index is 11.7. The Balaban J connectivity index is 1.87. The molecule has 3 rings (SSSR count). The monoisotopic (exact) mass is 287 g/mol. The second kappa shape index (κ2) is 5.51. The highest BCUT2D eigenvalue weighted by molar-refractivity contribution is 5.86. The molecule has 1 fully saturated rings. The average molecular weight is 287 g/mol. The number of nitrogens with two attached hydrogens (primary N) is 1. The highest BCUT2D eigenvalue weighted by Gasteiger charge is 2.26. The molecule has 4 N–H and O–H groups in total. The van der Waals surface area contributed by atoms with Crippen LogP contribution in [-0.2, 0) is 4.79 Å². The molecule has 7 heteroatoms. The molecule has 21 heavy (non-hydrogen) atoms. The number of pyridine rings is 1. The molecular formula is C14H17N5O2. The van der Waals surface area contributed by atoms with E-state index in [4.69, 9.17) is 5.73 Å². The standard InChI is InChI=1S/C14H17N5O2/c15-12(20)8-3-1-4-9(7-8)17-13-11-10(5-2-6-16-11)14(21)19-18-13/h2,5-6,8-9H,1,3-4,7H2,(H2,15,20)(H,17,18)(H,19,21). The van der Waals surface area contributed by atoms with Crippen LogP contribution in [0.15, 0.2) is 23.1 Å². The summed E-state index contributed by atoms with van der Waals surface area (Å²) in [7, 11) is 0.